The quantitative estimate of drug-likeness (QED) is 0.674. The molecule has 0 aromatic heterocycles. The fourth-order valence-electron chi connectivity index (χ4n) is 4.61. The minimum atomic E-state index is 0.0868. The third-order valence-corrected chi connectivity index (χ3v) is 4.81. The van der Waals surface area contributed by atoms with E-state index in [9.17, 15) is 0 Å². The third-order valence-electron chi connectivity index (χ3n) is 4.81. The standard InChI is InChI=1S/C12H20O2/c1-13-11-10-4-8-3-9(5-10)7-12(11,6-8)14-2/h8-11H,3-7H2,1-2H3. The highest BCUT2D eigenvalue weighted by molar-refractivity contribution is 5.08. The van der Waals surface area contributed by atoms with Crippen LogP contribution in [0.2, 0.25) is 0 Å². The van der Waals surface area contributed by atoms with Gasteiger partial charge in [-0.3, -0.25) is 0 Å². The van der Waals surface area contributed by atoms with Gasteiger partial charge < -0.3 is 9.47 Å². The minimum absolute atomic E-state index is 0.0868. The first-order valence-corrected chi connectivity index (χ1v) is 5.85. The molecule has 2 nitrogen and oxygen atoms in total. The van der Waals surface area contributed by atoms with Crippen LogP contribution in [0.1, 0.15) is 32.1 Å². The fraction of sp³-hybridized carbons (Fsp3) is 1.00. The van der Waals surface area contributed by atoms with Gasteiger partial charge in [0.1, 0.15) is 0 Å². The van der Waals surface area contributed by atoms with E-state index in [4.69, 9.17) is 9.47 Å². The fourth-order valence-corrected chi connectivity index (χ4v) is 4.61. The number of methoxy groups -OCH3 is 2. The van der Waals surface area contributed by atoms with Gasteiger partial charge in [-0.15, -0.1) is 0 Å². The first kappa shape index (κ1) is 9.17. The Morgan fingerprint density at radius 2 is 1.64 bits per heavy atom. The molecule has 0 heterocycles. The molecule has 2 heteroatoms. The van der Waals surface area contributed by atoms with Crippen LogP contribution in [0, 0.1) is 17.8 Å². The van der Waals surface area contributed by atoms with Crippen LogP contribution in [0.3, 0.4) is 0 Å². The molecule has 0 radical (unpaired) electrons. The Hall–Kier alpha value is -0.0800. The largest absolute Gasteiger partial charge is 0.378 e. The summed E-state index contributed by atoms with van der Waals surface area (Å²) in [6.45, 7) is 0. The first-order valence-electron chi connectivity index (χ1n) is 5.85. The lowest BCUT2D eigenvalue weighted by atomic mass is 9.53. The SMILES string of the molecule is COC1C2CC3CC(C2)CC1(OC)C3. The second-order valence-electron chi connectivity index (χ2n) is 5.53. The monoisotopic (exact) mass is 196 g/mol. The molecule has 0 N–H and O–H groups in total. The highest BCUT2D eigenvalue weighted by Crippen LogP contribution is 2.57. The van der Waals surface area contributed by atoms with Crippen molar-refractivity contribution in [2.45, 2.75) is 43.8 Å². The topological polar surface area (TPSA) is 18.5 Å². The van der Waals surface area contributed by atoms with Crippen molar-refractivity contribution in [3.05, 3.63) is 0 Å². The Kier molecular flexibility index (Phi) is 1.94. The molecule has 3 atom stereocenters. The predicted molar refractivity (Wildman–Crippen MR) is 54.1 cm³/mol. The van der Waals surface area contributed by atoms with E-state index < -0.39 is 0 Å². The van der Waals surface area contributed by atoms with Crippen molar-refractivity contribution < 1.29 is 9.47 Å². The van der Waals surface area contributed by atoms with E-state index in [1.807, 2.05) is 14.2 Å². The van der Waals surface area contributed by atoms with Crippen molar-refractivity contribution in [1.29, 1.82) is 0 Å². The van der Waals surface area contributed by atoms with Crippen LogP contribution in [0.4, 0.5) is 0 Å². The lowest BCUT2D eigenvalue weighted by Crippen LogP contribution is -2.61. The van der Waals surface area contributed by atoms with Gasteiger partial charge in [0.05, 0.1) is 11.7 Å². The number of hydrogen-bond donors (Lipinski definition) is 0. The van der Waals surface area contributed by atoms with Crippen LogP contribution in [0.5, 0.6) is 0 Å². The smallest absolute Gasteiger partial charge is 0.0946 e. The zero-order chi connectivity index (χ0) is 9.76. The van der Waals surface area contributed by atoms with Crippen LogP contribution in [-0.4, -0.2) is 25.9 Å². The van der Waals surface area contributed by atoms with E-state index in [-0.39, 0.29) is 5.60 Å². The molecule has 0 saturated heterocycles. The Bertz CT molecular complexity index is 224. The van der Waals surface area contributed by atoms with E-state index in [0.717, 1.165) is 17.8 Å². The summed E-state index contributed by atoms with van der Waals surface area (Å²) in [6.07, 6.45) is 7.10. The first-order chi connectivity index (χ1) is 6.77. The van der Waals surface area contributed by atoms with E-state index >= 15 is 0 Å². The van der Waals surface area contributed by atoms with Gasteiger partial charge in [-0.05, 0) is 49.9 Å². The maximum Gasteiger partial charge on any atom is 0.0946 e. The zero-order valence-corrected chi connectivity index (χ0v) is 9.16. The number of rotatable bonds is 2. The predicted octanol–water partition coefficient (Wildman–Crippen LogP) is 2.23. The third kappa shape index (κ3) is 1.04. The molecule has 4 saturated carbocycles. The van der Waals surface area contributed by atoms with E-state index in [2.05, 4.69) is 0 Å². The Morgan fingerprint density at radius 1 is 1.00 bits per heavy atom. The molecule has 0 aromatic carbocycles. The molecule has 3 unspecified atom stereocenters. The van der Waals surface area contributed by atoms with Crippen molar-refractivity contribution in [1.82, 2.24) is 0 Å². The summed E-state index contributed by atoms with van der Waals surface area (Å²) in [5.41, 5.74) is 0.0868. The molecular formula is C12H20O2. The van der Waals surface area contributed by atoms with Gasteiger partial charge in [-0.1, -0.05) is 0 Å². The number of ether oxygens (including phenoxy) is 2. The molecule has 4 bridgehead atoms. The Morgan fingerprint density at radius 3 is 2.14 bits per heavy atom. The van der Waals surface area contributed by atoms with Crippen LogP contribution in [-0.2, 0) is 9.47 Å². The summed E-state index contributed by atoms with van der Waals surface area (Å²) < 4.78 is 11.5. The molecule has 0 spiro atoms. The lowest BCUT2D eigenvalue weighted by Gasteiger charge is -2.59. The molecule has 0 aliphatic heterocycles. The molecule has 80 valence electrons. The molecule has 4 rings (SSSR count). The van der Waals surface area contributed by atoms with E-state index in [1.165, 1.54) is 32.1 Å². The molecule has 4 fully saturated rings. The van der Waals surface area contributed by atoms with Gasteiger partial charge in [-0.2, -0.15) is 0 Å². The maximum absolute atomic E-state index is 5.83. The van der Waals surface area contributed by atoms with E-state index in [1.54, 1.807) is 0 Å². The maximum atomic E-state index is 5.83. The van der Waals surface area contributed by atoms with Crippen molar-refractivity contribution in [2.75, 3.05) is 14.2 Å². The Balaban J connectivity index is 1.94. The number of hydrogen-bond acceptors (Lipinski definition) is 2. The van der Waals surface area contributed by atoms with Crippen LogP contribution < -0.4 is 0 Å². The van der Waals surface area contributed by atoms with Crippen molar-refractivity contribution in [2.24, 2.45) is 17.8 Å². The molecule has 0 aromatic rings. The van der Waals surface area contributed by atoms with Gasteiger partial charge in [-0.25, -0.2) is 0 Å². The van der Waals surface area contributed by atoms with Gasteiger partial charge in [0.15, 0.2) is 0 Å². The average molecular weight is 196 g/mol. The van der Waals surface area contributed by atoms with Crippen LogP contribution in [0.15, 0.2) is 0 Å². The lowest BCUT2D eigenvalue weighted by molar-refractivity contribution is -0.226. The second kappa shape index (κ2) is 2.96. The van der Waals surface area contributed by atoms with Gasteiger partial charge in [0, 0.05) is 14.2 Å². The highest BCUT2D eigenvalue weighted by atomic mass is 16.5. The summed E-state index contributed by atoms with van der Waals surface area (Å²) in [5, 5.41) is 0. The average Bonchev–Trinajstić information content (AvgIpc) is 2.16. The van der Waals surface area contributed by atoms with Crippen molar-refractivity contribution in [3.63, 3.8) is 0 Å². The highest BCUT2D eigenvalue weighted by Gasteiger charge is 2.57. The van der Waals surface area contributed by atoms with Crippen LogP contribution >= 0.6 is 0 Å². The molecular weight excluding hydrogens is 176 g/mol. The van der Waals surface area contributed by atoms with Gasteiger partial charge >= 0.3 is 0 Å². The van der Waals surface area contributed by atoms with Gasteiger partial charge in [0.25, 0.3) is 0 Å². The molecule has 14 heavy (non-hydrogen) atoms. The summed E-state index contributed by atoms with van der Waals surface area (Å²) >= 11 is 0. The van der Waals surface area contributed by atoms with Crippen molar-refractivity contribution >= 4 is 0 Å². The van der Waals surface area contributed by atoms with Crippen molar-refractivity contribution in [3.8, 4) is 0 Å². The summed E-state index contributed by atoms with van der Waals surface area (Å²) in [7, 11) is 3.73. The van der Waals surface area contributed by atoms with Gasteiger partial charge in [0.2, 0.25) is 0 Å². The van der Waals surface area contributed by atoms with Crippen LogP contribution in [0.25, 0.3) is 0 Å². The second-order valence-corrected chi connectivity index (χ2v) is 5.53. The van der Waals surface area contributed by atoms with E-state index in [0.29, 0.717) is 6.10 Å². The molecule has 4 aliphatic rings. The minimum Gasteiger partial charge on any atom is -0.378 e. The molecule has 0 amide bonds. The summed E-state index contributed by atoms with van der Waals surface area (Å²) in [6, 6.07) is 0. The Labute approximate surface area is 86.0 Å². The summed E-state index contributed by atoms with van der Waals surface area (Å²) in [4.78, 5) is 0. The zero-order valence-electron chi connectivity index (χ0n) is 9.16. The summed E-state index contributed by atoms with van der Waals surface area (Å²) in [5.74, 6) is 2.64. The normalized spacial score (nSPS) is 55.3. The molecule has 4 aliphatic carbocycles.